The molecule has 0 aromatic carbocycles. The summed E-state index contributed by atoms with van der Waals surface area (Å²) in [4.78, 5) is 22.9. The van der Waals surface area contributed by atoms with Gasteiger partial charge in [0.1, 0.15) is 22.6 Å². The van der Waals surface area contributed by atoms with Gasteiger partial charge >= 0.3 is 0 Å². The zero-order valence-electron chi connectivity index (χ0n) is 17.6. The Balaban J connectivity index is 1.93. The van der Waals surface area contributed by atoms with E-state index in [0.717, 1.165) is 17.0 Å². The van der Waals surface area contributed by atoms with Crippen molar-refractivity contribution < 1.29 is 8.95 Å². The first-order valence-corrected chi connectivity index (χ1v) is 11.5. The number of nitrogens with one attached hydrogen (secondary N) is 1. The van der Waals surface area contributed by atoms with Crippen LogP contribution >= 0.6 is 0 Å². The van der Waals surface area contributed by atoms with E-state index in [9.17, 15) is 4.21 Å². The topological polar surface area (TPSA) is 103 Å². The molecule has 162 valence electrons. The molecule has 4 rings (SSSR count). The van der Waals surface area contributed by atoms with Crippen molar-refractivity contribution in [1.29, 1.82) is 0 Å². The first kappa shape index (κ1) is 21.5. The lowest BCUT2D eigenvalue weighted by Gasteiger charge is -2.26. The van der Waals surface area contributed by atoms with Gasteiger partial charge in [0.05, 0.1) is 30.3 Å². The molecule has 4 aromatic heterocycles. The van der Waals surface area contributed by atoms with E-state index in [-0.39, 0.29) is 11.8 Å². The van der Waals surface area contributed by atoms with Crippen LogP contribution in [0.5, 0.6) is 5.88 Å². The number of pyridine rings is 3. The average molecular weight is 447 g/mol. The van der Waals surface area contributed by atoms with Crippen LogP contribution in [0.1, 0.15) is 34.6 Å². The van der Waals surface area contributed by atoms with E-state index in [1.54, 1.807) is 56.4 Å². The molecule has 32 heavy (non-hydrogen) atoms. The van der Waals surface area contributed by atoms with Crippen LogP contribution < -0.4 is 9.46 Å². The molecule has 8 nitrogen and oxygen atoms in total. The van der Waals surface area contributed by atoms with Crippen LogP contribution in [0.4, 0.5) is 5.82 Å². The van der Waals surface area contributed by atoms with Gasteiger partial charge in [-0.25, -0.2) is 24.1 Å². The molecule has 0 fully saturated rings. The van der Waals surface area contributed by atoms with Crippen molar-refractivity contribution in [2.75, 3.05) is 18.1 Å². The number of nitrogens with zero attached hydrogens (tertiary/aromatic N) is 5. The highest BCUT2D eigenvalue weighted by atomic mass is 32.2. The molecule has 0 saturated carbocycles. The number of hydrogen-bond donors (Lipinski definition) is 1. The summed E-state index contributed by atoms with van der Waals surface area (Å²) in [5.74, 6) is 0.947. The minimum atomic E-state index is -1.25. The van der Waals surface area contributed by atoms with E-state index in [2.05, 4.69) is 19.7 Å². The zero-order valence-corrected chi connectivity index (χ0v) is 18.4. The Bertz CT molecular complexity index is 1150. The van der Waals surface area contributed by atoms with Crippen molar-refractivity contribution in [3.63, 3.8) is 0 Å². The van der Waals surface area contributed by atoms with Crippen molar-refractivity contribution in [1.82, 2.24) is 24.9 Å². The van der Waals surface area contributed by atoms with Crippen molar-refractivity contribution in [3.05, 3.63) is 102 Å². The summed E-state index contributed by atoms with van der Waals surface area (Å²) in [7, 11) is 0.330. The summed E-state index contributed by atoms with van der Waals surface area (Å²) in [5, 5.41) is 0. The maximum atomic E-state index is 11.7. The molecule has 0 radical (unpaired) electrons. The van der Waals surface area contributed by atoms with Gasteiger partial charge in [0.15, 0.2) is 0 Å². The predicted molar refractivity (Wildman–Crippen MR) is 123 cm³/mol. The summed E-state index contributed by atoms with van der Waals surface area (Å²) in [6, 6.07) is 16.8. The van der Waals surface area contributed by atoms with Gasteiger partial charge in [0, 0.05) is 37.1 Å². The van der Waals surface area contributed by atoms with E-state index in [1.807, 2.05) is 36.4 Å². The lowest BCUT2D eigenvalue weighted by atomic mass is 9.81. The number of rotatable bonds is 8. The molecular formula is C23H22N6O2S. The Hall–Kier alpha value is -3.72. The fraction of sp³-hybridized carbons (Fsp3) is 0.174. The highest BCUT2D eigenvalue weighted by Gasteiger charge is 2.33. The molecule has 0 aliphatic carbocycles. The molecule has 0 amide bonds. The lowest BCUT2D eigenvalue weighted by Crippen LogP contribution is -2.20. The first-order chi connectivity index (χ1) is 15.7. The van der Waals surface area contributed by atoms with Gasteiger partial charge in [-0.15, -0.1) is 0 Å². The molecule has 0 aliphatic rings. The van der Waals surface area contributed by atoms with E-state index < -0.39 is 11.0 Å². The Labute approximate surface area is 188 Å². The Morgan fingerprint density at radius 2 is 1.62 bits per heavy atom. The molecule has 0 saturated heterocycles. The predicted octanol–water partition coefficient (Wildman–Crippen LogP) is 3.34. The van der Waals surface area contributed by atoms with Crippen molar-refractivity contribution in [2.45, 2.75) is 11.8 Å². The molecule has 9 heteroatoms. The van der Waals surface area contributed by atoms with Crippen LogP contribution in [0.25, 0.3) is 0 Å². The molecule has 0 aliphatic heterocycles. The Morgan fingerprint density at radius 1 is 0.875 bits per heavy atom. The molecule has 0 bridgehead atoms. The fourth-order valence-electron chi connectivity index (χ4n) is 3.56. The second-order valence-corrected chi connectivity index (χ2v) is 8.07. The number of hydrogen-bond acceptors (Lipinski definition) is 7. The molecule has 0 spiro atoms. The van der Waals surface area contributed by atoms with Crippen LogP contribution in [-0.2, 0) is 11.0 Å². The lowest BCUT2D eigenvalue weighted by molar-refractivity contribution is 0.394. The molecule has 4 aromatic rings. The van der Waals surface area contributed by atoms with E-state index >= 15 is 0 Å². The van der Waals surface area contributed by atoms with Gasteiger partial charge in [-0.1, -0.05) is 18.2 Å². The quantitative estimate of drug-likeness (QED) is 0.443. The minimum Gasteiger partial charge on any atom is -0.481 e. The van der Waals surface area contributed by atoms with Crippen LogP contribution in [0.3, 0.4) is 0 Å². The summed E-state index contributed by atoms with van der Waals surface area (Å²) >= 11 is 0. The van der Waals surface area contributed by atoms with E-state index in [4.69, 9.17) is 14.7 Å². The summed E-state index contributed by atoms with van der Waals surface area (Å²) < 4.78 is 20.0. The highest BCUT2D eigenvalue weighted by Crippen LogP contribution is 2.40. The molecule has 3 unspecified atom stereocenters. The van der Waals surface area contributed by atoms with Crippen molar-refractivity contribution in [3.8, 4) is 5.88 Å². The summed E-state index contributed by atoms with van der Waals surface area (Å²) in [6.45, 7) is 0. The number of ether oxygens (including phenoxy) is 1. The van der Waals surface area contributed by atoms with Gasteiger partial charge < -0.3 is 4.74 Å². The van der Waals surface area contributed by atoms with E-state index in [1.165, 1.54) is 0 Å². The molecule has 4 heterocycles. The third kappa shape index (κ3) is 4.94. The third-order valence-corrected chi connectivity index (χ3v) is 5.35. The number of anilines is 1. The normalized spacial score (nSPS) is 13.7. The van der Waals surface area contributed by atoms with Crippen molar-refractivity contribution in [2.24, 2.45) is 0 Å². The average Bonchev–Trinajstić information content (AvgIpc) is 2.83. The van der Waals surface area contributed by atoms with Gasteiger partial charge in [0.25, 0.3) is 0 Å². The van der Waals surface area contributed by atoms with E-state index in [0.29, 0.717) is 17.5 Å². The number of aromatic nitrogens is 5. The SMILES string of the molecule is COc1cccc(C(c2cccc(NS(C)=O)n2)C(c2cccnc2)c2ncccn2)n1. The molecule has 1 N–H and O–H groups in total. The van der Waals surface area contributed by atoms with Crippen LogP contribution in [0, 0.1) is 0 Å². The first-order valence-electron chi connectivity index (χ1n) is 9.90. The Kier molecular flexibility index (Phi) is 6.76. The third-order valence-electron chi connectivity index (χ3n) is 4.85. The molecular weight excluding hydrogens is 424 g/mol. The fourth-order valence-corrected chi connectivity index (χ4v) is 3.97. The highest BCUT2D eigenvalue weighted by molar-refractivity contribution is 7.85. The largest absolute Gasteiger partial charge is 0.481 e. The van der Waals surface area contributed by atoms with Gasteiger partial charge in [-0.05, 0) is 35.9 Å². The monoisotopic (exact) mass is 446 g/mol. The maximum absolute atomic E-state index is 11.7. The van der Waals surface area contributed by atoms with Crippen LogP contribution in [0.2, 0.25) is 0 Å². The Morgan fingerprint density at radius 3 is 2.31 bits per heavy atom. The second-order valence-electron chi connectivity index (χ2n) is 6.96. The van der Waals surface area contributed by atoms with Gasteiger partial charge in [-0.2, -0.15) is 0 Å². The summed E-state index contributed by atoms with van der Waals surface area (Å²) in [6.07, 6.45) is 8.52. The number of methoxy groups -OCH3 is 1. The summed E-state index contributed by atoms with van der Waals surface area (Å²) in [5.41, 5.74) is 2.39. The smallest absolute Gasteiger partial charge is 0.213 e. The second kappa shape index (κ2) is 10.1. The van der Waals surface area contributed by atoms with Crippen molar-refractivity contribution >= 4 is 16.8 Å². The van der Waals surface area contributed by atoms with Crippen LogP contribution in [-0.4, -0.2) is 42.5 Å². The zero-order chi connectivity index (χ0) is 22.3. The standard InChI is InChI=1S/C23H22N6O2S/c1-31-20-11-4-9-18(28-20)22(17-8-3-10-19(27-17)29-32(2)30)21(16-7-5-12-24-15-16)23-25-13-6-14-26-23/h3-15,21-22H,1-2H3,(H,27,29). The minimum absolute atomic E-state index is 0.320. The maximum Gasteiger partial charge on any atom is 0.213 e. The van der Waals surface area contributed by atoms with Gasteiger partial charge in [0.2, 0.25) is 5.88 Å². The van der Waals surface area contributed by atoms with Gasteiger partial charge in [-0.3, -0.25) is 9.71 Å². The molecule has 3 atom stereocenters. The van der Waals surface area contributed by atoms with Crippen LogP contribution in [0.15, 0.2) is 79.4 Å².